The van der Waals surface area contributed by atoms with Gasteiger partial charge in [0.2, 0.25) is 5.91 Å². The molecule has 1 aromatic heterocycles. The molecule has 16 heavy (non-hydrogen) atoms. The number of amides is 1. The lowest BCUT2D eigenvalue weighted by Crippen LogP contribution is -2.45. The van der Waals surface area contributed by atoms with Crippen LogP contribution in [0.15, 0.2) is 6.20 Å². The average molecular weight is 228 g/mol. The van der Waals surface area contributed by atoms with E-state index in [4.69, 9.17) is 5.11 Å². The van der Waals surface area contributed by atoms with Crippen LogP contribution in [0.1, 0.15) is 19.5 Å². The van der Waals surface area contributed by atoms with Crippen LogP contribution in [0.25, 0.3) is 0 Å². The number of aromatic nitrogens is 3. The number of hydrogen-bond acceptors (Lipinski definition) is 5. The van der Waals surface area contributed by atoms with E-state index in [1.165, 1.54) is 6.20 Å². The average Bonchev–Trinajstić information content (AvgIpc) is 2.77. The minimum absolute atomic E-state index is 0.188. The minimum atomic E-state index is -1.26. The maximum Gasteiger partial charge on any atom is 0.249 e. The van der Waals surface area contributed by atoms with Crippen molar-refractivity contribution in [3.05, 3.63) is 11.9 Å². The first-order valence-corrected chi connectivity index (χ1v) is 4.88. The Morgan fingerprint density at radius 3 is 2.88 bits per heavy atom. The lowest BCUT2D eigenvalue weighted by atomic mass is 9.87. The molecule has 0 saturated heterocycles. The third-order valence-corrected chi connectivity index (χ3v) is 2.30. The second-order valence-electron chi connectivity index (χ2n) is 4.23. The maximum absolute atomic E-state index is 11.5. The zero-order valence-corrected chi connectivity index (χ0v) is 9.27. The molecule has 0 bridgehead atoms. The highest BCUT2D eigenvalue weighted by Crippen LogP contribution is 2.19. The lowest BCUT2D eigenvalue weighted by Gasteiger charge is -2.26. The zero-order chi connectivity index (χ0) is 12.2. The van der Waals surface area contributed by atoms with Gasteiger partial charge in [-0.2, -0.15) is 15.4 Å². The van der Waals surface area contributed by atoms with Gasteiger partial charge >= 0.3 is 0 Å². The molecule has 0 aliphatic heterocycles. The molecule has 1 amide bonds. The summed E-state index contributed by atoms with van der Waals surface area (Å²) in [5.74, 6) is -0.540. The molecule has 0 radical (unpaired) electrons. The molecule has 7 nitrogen and oxygen atoms in total. The molecule has 90 valence electrons. The molecule has 0 unspecified atom stereocenters. The fourth-order valence-electron chi connectivity index (χ4n) is 1.03. The number of nitrogens with zero attached hydrogens (tertiary/aromatic N) is 2. The summed E-state index contributed by atoms with van der Waals surface area (Å²) in [5, 5.41) is 30.9. The molecule has 0 fully saturated rings. The van der Waals surface area contributed by atoms with Crippen molar-refractivity contribution in [1.29, 1.82) is 0 Å². The van der Waals surface area contributed by atoms with Crippen LogP contribution in [-0.2, 0) is 11.3 Å². The lowest BCUT2D eigenvalue weighted by molar-refractivity contribution is -0.137. The van der Waals surface area contributed by atoms with Crippen LogP contribution < -0.4 is 5.32 Å². The zero-order valence-electron chi connectivity index (χ0n) is 9.27. The van der Waals surface area contributed by atoms with E-state index in [2.05, 4.69) is 20.7 Å². The van der Waals surface area contributed by atoms with Crippen molar-refractivity contribution in [2.45, 2.75) is 26.5 Å². The summed E-state index contributed by atoms with van der Waals surface area (Å²) in [7, 11) is 0. The van der Waals surface area contributed by atoms with Crippen LogP contribution >= 0.6 is 0 Å². The van der Waals surface area contributed by atoms with E-state index >= 15 is 0 Å². The third kappa shape index (κ3) is 3.01. The minimum Gasteiger partial charge on any atom is -0.396 e. The topological polar surface area (TPSA) is 111 Å². The van der Waals surface area contributed by atoms with E-state index in [-0.39, 0.29) is 13.2 Å². The van der Waals surface area contributed by atoms with Crippen molar-refractivity contribution in [3.8, 4) is 0 Å². The fourth-order valence-corrected chi connectivity index (χ4v) is 1.03. The normalized spacial score (nSPS) is 13.5. The van der Waals surface area contributed by atoms with Crippen LogP contribution in [0.4, 0.5) is 0 Å². The summed E-state index contributed by atoms with van der Waals surface area (Å²) in [5.41, 5.74) is -0.296. The Labute approximate surface area is 92.9 Å². The second kappa shape index (κ2) is 5.04. The number of rotatable bonds is 5. The van der Waals surface area contributed by atoms with E-state index in [1.54, 1.807) is 13.8 Å². The van der Waals surface area contributed by atoms with Crippen molar-refractivity contribution >= 4 is 5.91 Å². The Bertz CT molecular complexity index is 337. The number of nitrogens with one attached hydrogen (secondary N) is 2. The van der Waals surface area contributed by atoms with Gasteiger partial charge in [-0.05, 0) is 0 Å². The molecule has 0 aromatic carbocycles. The van der Waals surface area contributed by atoms with Gasteiger partial charge in [0.05, 0.1) is 19.3 Å². The highest BCUT2D eigenvalue weighted by atomic mass is 16.3. The molecular formula is C9H16N4O3. The molecule has 0 spiro atoms. The van der Waals surface area contributed by atoms with Gasteiger partial charge in [-0.3, -0.25) is 4.79 Å². The Balaban J connectivity index is 2.46. The quantitative estimate of drug-likeness (QED) is 0.506. The van der Waals surface area contributed by atoms with E-state index in [1.807, 2.05) is 0 Å². The van der Waals surface area contributed by atoms with E-state index in [0.717, 1.165) is 0 Å². The smallest absolute Gasteiger partial charge is 0.249 e. The van der Waals surface area contributed by atoms with Gasteiger partial charge in [-0.1, -0.05) is 13.8 Å². The van der Waals surface area contributed by atoms with Gasteiger partial charge in [-0.25, -0.2) is 0 Å². The van der Waals surface area contributed by atoms with Crippen molar-refractivity contribution in [2.24, 2.45) is 5.41 Å². The molecule has 1 atom stereocenters. The summed E-state index contributed by atoms with van der Waals surface area (Å²) >= 11 is 0. The molecule has 7 heteroatoms. The van der Waals surface area contributed by atoms with Crippen molar-refractivity contribution in [1.82, 2.24) is 20.7 Å². The van der Waals surface area contributed by atoms with Crippen LogP contribution in [-0.4, -0.2) is 44.2 Å². The van der Waals surface area contributed by atoms with Gasteiger partial charge in [0.25, 0.3) is 0 Å². The molecule has 0 saturated carbocycles. The first kappa shape index (κ1) is 12.6. The highest BCUT2D eigenvalue weighted by molar-refractivity contribution is 5.81. The summed E-state index contributed by atoms with van der Waals surface area (Å²) < 4.78 is 0. The molecule has 1 aromatic rings. The highest BCUT2D eigenvalue weighted by Gasteiger charge is 2.32. The van der Waals surface area contributed by atoms with Gasteiger partial charge in [0, 0.05) is 5.41 Å². The molecule has 0 aliphatic rings. The molecular weight excluding hydrogens is 212 g/mol. The molecule has 0 aliphatic carbocycles. The maximum atomic E-state index is 11.5. The largest absolute Gasteiger partial charge is 0.396 e. The fraction of sp³-hybridized carbons (Fsp3) is 0.667. The van der Waals surface area contributed by atoms with Gasteiger partial charge in [0.1, 0.15) is 11.8 Å². The third-order valence-electron chi connectivity index (χ3n) is 2.30. The number of aromatic amines is 1. The Kier molecular flexibility index (Phi) is 3.97. The predicted octanol–water partition coefficient (Wildman–Crippen LogP) is -1.20. The predicted molar refractivity (Wildman–Crippen MR) is 55.1 cm³/mol. The van der Waals surface area contributed by atoms with Crippen molar-refractivity contribution in [2.75, 3.05) is 6.61 Å². The second-order valence-corrected chi connectivity index (χ2v) is 4.23. The number of carbonyl (C=O) groups is 1. The van der Waals surface area contributed by atoms with Crippen molar-refractivity contribution in [3.63, 3.8) is 0 Å². The molecule has 1 heterocycles. The van der Waals surface area contributed by atoms with Crippen molar-refractivity contribution < 1.29 is 15.0 Å². The monoisotopic (exact) mass is 228 g/mol. The SMILES string of the molecule is CC(C)(CO)[C@@H](O)C(=O)NCc1cn[nH]n1. The van der Waals surface area contributed by atoms with E-state index in [9.17, 15) is 9.90 Å². The first-order chi connectivity index (χ1) is 7.47. The van der Waals surface area contributed by atoms with E-state index < -0.39 is 17.4 Å². The van der Waals surface area contributed by atoms with Gasteiger partial charge in [-0.15, -0.1) is 0 Å². The van der Waals surface area contributed by atoms with Crippen LogP contribution in [0.2, 0.25) is 0 Å². The summed E-state index contributed by atoms with van der Waals surface area (Å²) in [4.78, 5) is 11.5. The standard InChI is InChI=1S/C9H16N4O3/c1-9(2,5-14)7(15)8(16)10-3-6-4-11-13-12-6/h4,7,14-15H,3,5H2,1-2H3,(H,10,16)(H,11,12,13)/t7-/m0/s1. The summed E-state index contributed by atoms with van der Waals surface area (Å²) in [6.07, 6.45) is 0.216. The molecule has 1 rings (SSSR count). The summed E-state index contributed by atoms with van der Waals surface area (Å²) in [6, 6.07) is 0. The number of carbonyl (C=O) groups excluding carboxylic acids is 1. The number of aliphatic hydroxyl groups excluding tert-OH is 2. The Hall–Kier alpha value is -1.47. The Morgan fingerprint density at radius 2 is 2.38 bits per heavy atom. The van der Waals surface area contributed by atoms with E-state index in [0.29, 0.717) is 5.69 Å². The van der Waals surface area contributed by atoms with Gasteiger partial charge in [0.15, 0.2) is 0 Å². The van der Waals surface area contributed by atoms with Gasteiger partial charge < -0.3 is 15.5 Å². The number of aliphatic hydroxyl groups is 2. The summed E-state index contributed by atoms with van der Waals surface area (Å²) in [6.45, 7) is 3.13. The van der Waals surface area contributed by atoms with Crippen LogP contribution in [0, 0.1) is 5.41 Å². The number of hydrogen-bond donors (Lipinski definition) is 4. The van der Waals surface area contributed by atoms with Crippen LogP contribution in [0.3, 0.4) is 0 Å². The van der Waals surface area contributed by atoms with Crippen LogP contribution in [0.5, 0.6) is 0 Å². The Morgan fingerprint density at radius 1 is 1.69 bits per heavy atom. The number of H-pyrrole nitrogens is 1. The first-order valence-electron chi connectivity index (χ1n) is 4.88. The molecule has 4 N–H and O–H groups in total.